The third-order valence-electron chi connectivity index (χ3n) is 3.53. The summed E-state index contributed by atoms with van der Waals surface area (Å²) in [4.78, 5) is 11.8. The molecule has 0 bridgehead atoms. The van der Waals surface area contributed by atoms with E-state index in [0.29, 0.717) is 6.61 Å². The fourth-order valence-electron chi connectivity index (χ4n) is 2.06. The Hall–Kier alpha value is -2.45. The highest BCUT2D eigenvalue weighted by Gasteiger charge is 2.22. The van der Waals surface area contributed by atoms with E-state index in [9.17, 15) is 22.4 Å². The van der Waals surface area contributed by atoms with Gasteiger partial charge in [0.05, 0.1) is 12.6 Å². The number of nitrogens with two attached hydrogens (primary N) is 1. The number of halogens is 4. The molecule has 0 saturated carbocycles. The van der Waals surface area contributed by atoms with E-state index in [1.165, 1.54) is 0 Å². The van der Waals surface area contributed by atoms with Gasteiger partial charge in [0.15, 0.2) is 23.2 Å². The number of ether oxygens (including phenoxy) is 2. The Morgan fingerprint density at radius 3 is 2.27 bits per heavy atom. The fourth-order valence-corrected chi connectivity index (χ4v) is 2.06. The van der Waals surface area contributed by atoms with Crippen LogP contribution in [0.1, 0.15) is 12.0 Å². The molecule has 2 aromatic carbocycles. The van der Waals surface area contributed by atoms with Gasteiger partial charge in [-0.2, -0.15) is 8.78 Å². The Morgan fingerprint density at radius 1 is 1.04 bits per heavy atom. The monoisotopic (exact) mass is 371 g/mol. The summed E-state index contributed by atoms with van der Waals surface area (Å²) < 4.78 is 63.0. The van der Waals surface area contributed by atoms with E-state index >= 15 is 0 Å². The second kappa shape index (κ2) is 9.30. The van der Waals surface area contributed by atoms with Gasteiger partial charge in [-0.15, -0.1) is 0 Å². The molecule has 0 amide bonds. The van der Waals surface area contributed by atoms with E-state index in [1.54, 1.807) is 0 Å². The molecule has 0 aliphatic carbocycles. The molecule has 2 aromatic rings. The van der Waals surface area contributed by atoms with Crippen LogP contribution in [0.4, 0.5) is 17.6 Å². The number of benzene rings is 2. The summed E-state index contributed by atoms with van der Waals surface area (Å²) in [7, 11) is 0. The predicted molar refractivity (Wildman–Crippen MR) is 85.5 cm³/mol. The topological polar surface area (TPSA) is 61.5 Å². The highest BCUT2D eigenvalue weighted by molar-refractivity contribution is 5.85. The highest BCUT2D eigenvalue weighted by atomic mass is 19.2. The van der Waals surface area contributed by atoms with E-state index in [4.69, 9.17) is 10.5 Å². The van der Waals surface area contributed by atoms with Crippen LogP contribution in [0.2, 0.25) is 0 Å². The van der Waals surface area contributed by atoms with Crippen LogP contribution >= 0.6 is 0 Å². The fraction of sp³-hybridized carbons (Fsp3) is 0.278. The Bertz CT molecular complexity index is 730. The number of hydrogen-bond acceptors (Lipinski definition) is 4. The van der Waals surface area contributed by atoms with E-state index in [-0.39, 0.29) is 19.1 Å². The van der Waals surface area contributed by atoms with Crippen LogP contribution in [0.5, 0.6) is 5.75 Å². The molecule has 0 radical (unpaired) electrons. The number of ketones is 1. The van der Waals surface area contributed by atoms with Crippen LogP contribution in [-0.2, 0) is 16.1 Å². The smallest absolute Gasteiger partial charge is 0.203 e. The number of Topliss-reactive ketones (excluding diaryl/α,β-unsaturated/α-hetero) is 1. The van der Waals surface area contributed by atoms with Crippen molar-refractivity contribution in [2.24, 2.45) is 5.73 Å². The molecule has 2 rings (SSSR count). The van der Waals surface area contributed by atoms with Gasteiger partial charge in [0.2, 0.25) is 11.6 Å². The number of rotatable bonds is 9. The molecular formula is C18H17F4NO3. The molecule has 2 N–H and O–H groups in total. The zero-order valence-corrected chi connectivity index (χ0v) is 13.7. The van der Waals surface area contributed by atoms with Gasteiger partial charge in [-0.25, -0.2) is 8.78 Å². The van der Waals surface area contributed by atoms with Gasteiger partial charge in [-0.05, 0) is 12.0 Å². The number of hydrogen-bond donors (Lipinski definition) is 1. The van der Waals surface area contributed by atoms with Gasteiger partial charge in [-0.1, -0.05) is 30.3 Å². The molecule has 0 aromatic heterocycles. The maximum Gasteiger partial charge on any atom is 0.203 e. The van der Waals surface area contributed by atoms with E-state index in [1.807, 2.05) is 30.3 Å². The maximum absolute atomic E-state index is 13.4. The van der Waals surface area contributed by atoms with Crippen molar-refractivity contribution >= 4 is 5.78 Å². The van der Waals surface area contributed by atoms with Gasteiger partial charge in [0.25, 0.3) is 0 Å². The molecule has 1 unspecified atom stereocenters. The minimum atomic E-state index is -1.71. The molecule has 0 aliphatic heterocycles. The quantitative estimate of drug-likeness (QED) is 0.418. The first kappa shape index (κ1) is 19.9. The van der Waals surface area contributed by atoms with E-state index in [2.05, 4.69) is 4.74 Å². The third kappa shape index (κ3) is 5.27. The zero-order valence-electron chi connectivity index (χ0n) is 13.7. The minimum Gasteiger partial charge on any atom is -0.479 e. The van der Waals surface area contributed by atoms with Gasteiger partial charge < -0.3 is 15.2 Å². The molecular weight excluding hydrogens is 354 g/mol. The number of carbonyl (C=O) groups excluding carboxylic acids is 1. The van der Waals surface area contributed by atoms with Crippen LogP contribution in [0.15, 0.2) is 36.4 Å². The van der Waals surface area contributed by atoms with Crippen molar-refractivity contribution in [3.8, 4) is 5.75 Å². The second-order valence-electron chi connectivity index (χ2n) is 5.49. The zero-order chi connectivity index (χ0) is 19.1. The van der Waals surface area contributed by atoms with E-state index < -0.39 is 47.5 Å². The average molecular weight is 371 g/mol. The first-order valence-electron chi connectivity index (χ1n) is 7.76. The van der Waals surface area contributed by atoms with Crippen LogP contribution in [-0.4, -0.2) is 25.0 Å². The van der Waals surface area contributed by atoms with Crippen LogP contribution in [0.3, 0.4) is 0 Å². The summed E-state index contributed by atoms with van der Waals surface area (Å²) in [5, 5.41) is 0. The van der Waals surface area contributed by atoms with Gasteiger partial charge >= 0.3 is 0 Å². The minimum absolute atomic E-state index is 0.0508. The Morgan fingerprint density at radius 2 is 1.65 bits per heavy atom. The molecule has 1 atom stereocenters. The maximum atomic E-state index is 13.4. The van der Waals surface area contributed by atoms with Crippen molar-refractivity contribution < 1.29 is 31.8 Å². The van der Waals surface area contributed by atoms with Gasteiger partial charge in [-0.3, -0.25) is 4.79 Å². The first-order chi connectivity index (χ1) is 12.4. The summed E-state index contributed by atoms with van der Waals surface area (Å²) in [6.07, 6.45) is 0.150. The summed E-state index contributed by atoms with van der Waals surface area (Å²) in [6, 6.07) is 8.39. The predicted octanol–water partition coefficient (Wildman–Crippen LogP) is 3.13. The lowest BCUT2D eigenvalue weighted by Gasteiger charge is -2.13. The molecule has 8 heteroatoms. The third-order valence-corrected chi connectivity index (χ3v) is 3.53. The summed E-state index contributed by atoms with van der Waals surface area (Å²) in [5.74, 6) is -8.64. The normalized spacial score (nSPS) is 12.0. The van der Waals surface area contributed by atoms with Gasteiger partial charge in [0, 0.05) is 12.7 Å². The van der Waals surface area contributed by atoms with Crippen molar-refractivity contribution in [2.45, 2.75) is 19.1 Å². The molecule has 0 spiro atoms. The Balaban J connectivity index is 1.79. The van der Waals surface area contributed by atoms with Crippen molar-refractivity contribution in [3.63, 3.8) is 0 Å². The van der Waals surface area contributed by atoms with Crippen molar-refractivity contribution in [3.05, 3.63) is 65.2 Å². The van der Waals surface area contributed by atoms with Crippen molar-refractivity contribution in [2.75, 3.05) is 13.2 Å². The number of carbonyl (C=O) groups is 1. The molecule has 140 valence electrons. The van der Waals surface area contributed by atoms with Crippen molar-refractivity contribution in [1.82, 2.24) is 0 Å². The molecule has 0 aliphatic rings. The molecule has 0 saturated heterocycles. The summed E-state index contributed by atoms with van der Waals surface area (Å²) >= 11 is 0. The molecule has 26 heavy (non-hydrogen) atoms. The standard InChI is InChI=1S/C18H17F4NO3/c19-12-8-13(20)17(22)18(16(12)21)26-10-15(24)14(23)6-7-25-9-11-4-2-1-3-5-11/h1-5,8,14H,6-7,9-10,23H2. The highest BCUT2D eigenvalue weighted by Crippen LogP contribution is 2.26. The van der Waals surface area contributed by atoms with Crippen LogP contribution in [0.25, 0.3) is 0 Å². The van der Waals surface area contributed by atoms with Crippen LogP contribution < -0.4 is 10.5 Å². The average Bonchev–Trinajstić information content (AvgIpc) is 2.64. The van der Waals surface area contributed by atoms with Crippen LogP contribution in [0, 0.1) is 23.3 Å². The summed E-state index contributed by atoms with van der Waals surface area (Å²) in [5.41, 5.74) is 6.61. The summed E-state index contributed by atoms with van der Waals surface area (Å²) in [6.45, 7) is -0.299. The lowest BCUT2D eigenvalue weighted by molar-refractivity contribution is -0.122. The lowest BCUT2D eigenvalue weighted by atomic mass is 10.1. The Labute approximate surface area is 147 Å². The molecule has 0 fully saturated rings. The Kier molecular flexibility index (Phi) is 7.11. The van der Waals surface area contributed by atoms with Gasteiger partial charge in [0.1, 0.15) is 6.61 Å². The SMILES string of the molecule is NC(CCOCc1ccccc1)C(=O)COc1c(F)c(F)cc(F)c1F. The largest absolute Gasteiger partial charge is 0.479 e. The van der Waals surface area contributed by atoms with Crippen molar-refractivity contribution in [1.29, 1.82) is 0 Å². The lowest BCUT2D eigenvalue weighted by Crippen LogP contribution is -2.35. The first-order valence-corrected chi connectivity index (χ1v) is 7.76. The molecule has 4 nitrogen and oxygen atoms in total. The van der Waals surface area contributed by atoms with E-state index in [0.717, 1.165) is 5.56 Å². The second-order valence-corrected chi connectivity index (χ2v) is 5.49. The molecule has 0 heterocycles.